The van der Waals surface area contributed by atoms with Crippen molar-refractivity contribution in [2.24, 2.45) is 5.92 Å². The average Bonchev–Trinajstić information content (AvgIpc) is 2.46. The van der Waals surface area contributed by atoms with E-state index in [1.54, 1.807) is 0 Å². The summed E-state index contributed by atoms with van der Waals surface area (Å²) in [4.78, 5) is 23.0. The molecular weight excluding hydrogens is 228 g/mol. The van der Waals surface area contributed by atoms with Gasteiger partial charge >= 0.3 is 5.97 Å². The fourth-order valence-electron chi connectivity index (χ4n) is 2.69. The molecule has 3 heteroatoms. The summed E-state index contributed by atoms with van der Waals surface area (Å²) >= 11 is 0. The van der Waals surface area contributed by atoms with Crippen LogP contribution < -0.4 is 0 Å². The number of carbonyl (C=O) groups excluding carboxylic acids is 1. The van der Waals surface area contributed by atoms with Gasteiger partial charge in [-0.05, 0) is 32.3 Å². The number of aliphatic carboxylic acids is 1. The van der Waals surface area contributed by atoms with Gasteiger partial charge in [0, 0.05) is 11.5 Å². The average molecular weight is 246 g/mol. The van der Waals surface area contributed by atoms with Crippen molar-refractivity contribution in [2.75, 3.05) is 0 Å². The molecule has 0 aliphatic heterocycles. The van der Waals surface area contributed by atoms with E-state index < -0.39 is 5.97 Å². The molecular formula is C15H18O3. The number of carboxylic acids is 1. The van der Waals surface area contributed by atoms with E-state index in [1.165, 1.54) is 0 Å². The second-order valence-electron chi connectivity index (χ2n) is 5.21. The Kier molecular flexibility index (Phi) is 3.24. The third-order valence-corrected chi connectivity index (χ3v) is 3.96. The minimum atomic E-state index is -0.807. The number of Topliss-reactive ketones (excluding diaryl/α,β-unsaturated/α-hetero) is 1. The van der Waals surface area contributed by atoms with Gasteiger partial charge in [-0.3, -0.25) is 9.59 Å². The van der Waals surface area contributed by atoms with Gasteiger partial charge in [-0.15, -0.1) is 0 Å². The zero-order valence-corrected chi connectivity index (χ0v) is 11.0. The van der Waals surface area contributed by atoms with E-state index in [9.17, 15) is 9.59 Å². The smallest absolute Gasteiger partial charge is 0.307 e. The van der Waals surface area contributed by atoms with Crippen molar-refractivity contribution < 1.29 is 14.7 Å². The fourth-order valence-corrected chi connectivity index (χ4v) is 2.69. The minimum absolute atomic E-state index is 0.0645. The van der Waals surface area contributed by atoms with Crippen LogP contribution in [0.4, 0.5) is 0 Å². The molecule has 0 radical (unpaired) electrons. The maximum Gasteiger partial charge on any atom is 0.307 e. The van der Waals surface area contributed by atoms with Crippen LogP contribution in [0.25, 0.3) is 0 Å². The van der Waals surface area contributed by atoms with Crippen molar-refractivity contribution >= 4 is 11.8 Å². The highest BCUT2D eigenvalue weighted by Crippen LogP contribution is 2.39. The Hall–Kier alpha value is -1.64. The topological polar surface area (TPSA) is 54.4 Å². The van der Waals surface area contributed by atoms with Crippen LogP contribution in [-0.2, 0) is 9.59 Å². The fraction of sp³-hybridized carbons (Fsp3) is 0.467. The molecule has 2 aliphatic rings. The van der Waals surface area contributed by atoms with Gasteiger partial charge in [0.2, 0.25) is 0 Å². The first-order valence-corrected chi connectivity index (χ1v) is 6.28. The molecule has 0 aromatic rings. The minimum Gasteiger partial charge on any atom is -0.481 e. The lowest BCUT2D eigenvalue weighted by molar-refractivity contribution is -0.136. The van der Waals surface area contributed by atoms with Crippen molar-refractivity contribution in [1.29, 1.82) is 0 Å². The number of allylic oxidation sites excluding steroid dienone is 5. The predicted octanol–water partition coefficient (Wildman–Crippen LogP) is 3.03. The first-order chi connectivity index (χ1) is 8.41. The van der Waals surface area contributed by atoms with Crippen molar-refractivity contribution in [2.45, 2.75) is 40.0 Å². The summed E-state index contributed by atoms with van der Waals surface area (Å²) in [6.07, 6.45) is 3.51. The standard InChI is InChI=1S/C15H18O3/c1-8-4-5-11(7-13(16)17)6-12-9(2)10(3)15(18)14(8)12/h6,10H,4-5,7H2,1-3H3,(H,16,17)/t10-/m0/s1. The van der Waals surface area contributed by atoms with E-state index in [4.69, 9.17) is 5.11 Å². The molecule has 96 valence electrons. The van der Waals surface area contributed by atoms with Gasteiger partial charge in [0.25, 0.3) is 0 Å². The second kappa shape index (κ2) is 4.56. The van der Waals surface area contributed by atoms with Crippen molar-refractivity contribution in [3.8, 4) is 0 Å². The lowest BCUT2D eigenvalue weighted by Crippen LogP contribution is -2.07. The summed E-state index contributed by atoms with van der Waals surface area (Å²) < 4.78 is 0. The lowest BCUT2D eigenvalue weighted by atomic mass is 9.98. The molecule has 0 aromatic heterocycles. The van der Waals surface area contributed by atoms with Crippen LogP contribution >= 0.6 is 0 Å². The first-order valence-electron chi connectivity index (χ1n) is 6.28. The van der Waals surface area contributed by atoms with E-state index in [2.05, 4.69) is 0 Å². The van der Waals surface area contributed by atoms with Crippen molar-refractivity contribution in [3.05, 3.63) is 33.9 Å². The number of hydrogen-bond donors (Lipinski definition) is 1. The Morgan fingerprint density at radius 2 is 2.06 bits per heavy atom. The van der Waals surface area contributed by atoms with Gasteiger partial charge in [0.05, 0.1) is 6.42 Å². The molecule has 0 spiro atoms. The Morgan fingerprint density at radius 1 is 1.39 bits per heavy atom. The Morgan fingerprint density at radius 3 is 2.67 bits per heavy atom. The Bertz CT molecular complexity index is 518. The summed E-state index contributed by atoms with van der Waals surface area (Å²) in [6.45, 7) is 5.87. The van der Waals surface area contributed by atoms with Gasteiger partial charge in [0.15, 0.2) is 5.78 Å². The van der Waals surface area contributed by atoms with E-state index in [-0.39, 0.29) is 18.1 Å². The molecule has 1 atom stereocenters. The maximum atomic E-state index is 12.2. The highest BCUT2D eigenvalue weighted by molar-refractivity contribution is 6.08. The Labute approximate surface area is 107 Å². The summed E-state index contributed by atoms with van der Waals surface area (Å²) in [5.74, 6) is -0.684. The van der Waals surface area contributed by atoms with E-state index in [0.717, 1.165) is 40.7 Å². The van der Waals surface area contributed by atoms with Crippen molar-refractivity contribution in [1.82, 2.24) is 0 Å². The molecule has 18 heavy (non-hydrogen) atoms. The number of fused-ring (bicyclic) bond motifs is 1. The van der Waals surface area contributed by atoms with Crippen LogP contribution in [0.5, 0.6) is 0 Å². The lowest BCUT2D eigenvalue weighted by Gasteiger charge is -2.05. The van der Waals surface area contributed by atoms with Crippen LogP contribution in [0.3, 0.4) is 0 Å². The summed E-state index contributed by atoms with van der Waals surface area (Å²) in [7, 11) is 0. The molecule has 0 fully saturated rings. The molecule has 3 nitrogen and oxygen atoms in total. The molecule has 0 saturated heterocycles. The predicted molar refractivity (Wildman–Crippen MR) is 69.1 cm³/mol. The number of hydrogen-bond acceptors (Lipinski definition) is 2. The first kappa shape index (κ1) is 12.8. The summed E-state index contributed by atoms with van der Waals surface area (Å²) in [5, 5.41) is 8.90. The van der Waals surface area contributed by atoms with E-state index in [1.807, 2.05) is 26.8 Å². The van der Waals surface area contributed by atoms with Gasteiger partial charge in [-0.2, -0.15) is 0 Å². The molecule has 2 rings (SSSR count). The van der Waals surface area contributed by atoms with Gasteiger partial charge in [-0.1, -0.05) is 29.7 Å². The van der Waals surface area contributed by atoms with Crippen LogP contribution in [0.2, 0.25) is 0 Å². The third-order valence-electron chi connectivity index (χ3n) is 3.96. The SMILES string of the molecule is CC1=C2C(=O)[C@@H](C)C(C)=C2C=C(CC(=O)O)CC1. The normalized spacial score (nSPS) is 24.1. The molecule has 0 saturated carbocycles. The number of ketones is 1. The number of carboxylic acid groups (broad SMARTS) is 1. The van der Waals surface area contributed by atoms with Crippen molar-refractivity contribution in [3.63, 3.8) is 0 Å². The molecule has 0 aromatic carbocycles. The van der Waals surface area contributed by atoms with Crippen LogP contribution in [0.1, 0.15) is 40.0 Å². The third kappa shape index (κ3) is 2.05. The van der Waals surface area contributed by atoms with Gasteiger partial charge < -0.3 is 5.11 Å². The highest BCUT2D eigenvalue weighted by atomic mass is 16.4. The Balaban J connectivity index is 2.48. The van der Waals surface area contributed by atoms with E-state index in [0.29, 0.717) is 0 Å². The summed E-state index contributed by atoms with van der Waals surface area (Å²) in [6, 6.07) is 0. The molecule has 1 N–H and O–H groups in total. The zero-order chi connectivity index (χ0) is 13.4. The molecule has 0 unspecified atom stereocenters. The molecule has 2 aliphatic carbocycles. The molecule has 0 heterocycles. The van der Waals surface area contributed by atoms with E-state index >= 15 is 0 Å². The van der Waals surface area contributed by atoms with Gasteiger partial charge in [-0.25, -0.2) is 0 Å². The number of carbonyl (C=O) groups is 2. The molecule has 0 amide bonds. The highest BCUT2D eigenvalue weighted by Gasteiger charge is 2.33. The van der Waals surface area contributed by atoms with Gasteiger partial charge in [0.1, 0.15) is 0 Å². The van der Waals surface area contributed by atoms with Crippen LogP contribution in [-0.4, -0.2) is 16.9 Å². The monoisotopic (exact) mass is 246 g/mol. The molecule has 0 bridgehead atoms. The zero-order valence-electron chi connectivity index (χ0n) is 11.0. The summed E-state index contributed by atoms with van der Waals surface area (Å²) in [5.41, 5.74) is 4.88. The van der Waals surface area contributed by atoms with Crippen LogP contribution in [0.15, 0.2) is 33.9 Å². The maximum absolute atomic E-state index is 12.2. The second-order valence-corrected chi connectivity index (χ2v) is 5.21. The number of rotatable bonds is 2. The largest absolute Gasteiger partial charge is 0.481 e. The van der Waals surface area contributed by atoms with Crippen LogP contribution in [0, 0.1) is 5.92 Å². The quantitative estimate of drug-likeness (QED) is 0.814.